The topological polar surface area (TPSA) is 65.9 Å². The first-order chi connectivity index (χ1) is 11.6. The van der Waals surface area contributed by atoms with Crippen LogP contribution in [0.5, 0.6) is 5.75 Å². The average Bonchev–Trinajstić information content (AvgIpc) is 2.57. The molecule has 0 heterocycles. The fourth-order valence-corrected chi connectivity index (χ4v) is 2.82. The van der Waals surface area contributed by atoms with E-state index in [1.165, 1.54) is 6.07 Å². The van der Waals surface area contributed by atoms with Crippen LogP contribution in [0.2, 0.25) is 0 Å². The van der Waals surface area contributed by atoms with Crippen molar-refractivity contribution in [2.24, 2.45) is 4.99 Å². The predicted molar refractivity (Wildman–Crippen MR) is 109 cm³/mol. The van der Waals surface area contributed by atoms with Crippen LogP contribution in [0, 0.1) is 5.82 Å². The molecule has 0 radical (unpaired) electrons. The number of rotatable bonds is 6. The number of halogens is 2. The Labute approximate surface area is 166 Å². The molecule has 1 aliphatic rings. The number of hydrogen-bond acceptors (Lipinski definition) is 3. The van der Waals surface area contributed by atoms with Crippen molar-refractivity contribution in [2.45, 2.75) is 58.2 Å². The SMILES string of the molecule is CCNC(=NCc1ccc(OCC)c(F)c1)NC1CCC(O)CC1.I. The van der Waals surface area contributed by atoms with E-state index < -0.39 is 0 Å². The maximum Gasteiger partial charge on any atom is 0.191 e. The molecule has 2 rings (SSSR count). The molecule has 1 aromatic carbocycles. The highest BCUT2D eigenvalue weighted by molar-refractivity contribution is 14.0. The monoisotopic (exact) mass is 465 g/mol. The number of benzene rings is 1. The summed E-state index contributed by atoms with van der Waals surface area (Å²) in [6.07, 6.45) is 3.34. The van der Waals surface area contributed by atoms with E-state index in [0.29, 0.717) is 19.2 Å². The molecule has 0 atom stereocenters. The van der Waals surface area contributed by atoms with E-state index >= 15 is 0 Å². The van der Waals surface area contributed by atoms with Gasteiger partial charge in [0, 0.05) is 12.6 Å². The maximum absolute atomic E-state index is 13.9. The molecule has 1 saturated carbocycles. The Kier molecular flexibility index (Phi) is 10.1. The summed E-state index contributed by atoms with van der Waals surface area (Å²) in [5.74, 6) is 0.646. The second-order valence-corrected chi connectivity index (χ2v) is 6.04. The molecule has 1 aromatic rings. The van der Waals surface area contributed by atoms with Gasteiger partial charge in [-0.15, -0.1) is 24.0 Å². The van der Waals surface area contributed by atoms with Crippen molar-refractivity contribution in [2.75, 3.05) is 13.2 Å². The second-order valence-electron chi connectivity index (χ2n) is 6.04. The number of ether oxygens (including phenoxy) is 1. The van der Waals surface area contributed by atoms with Gasteiger partial charge in [0.15, 0.2) is 17.5 Å². The Hall–Kier alpha value is -1.09. The lowest BCUT2D eigenvalue weighted by Gasteiger charge is -2.27. The van der Waals surface area contributed by atoms with Gasteiger partial charge in [-0.05, 0) is 57.2 Å². The number of nitrogens with one attached hydrogen (secondary N) is 2. The third-order valence-corrected chi connectivity index (χ3v) is 4.10. The van der Waals surface area contributed by atoms with Gasteiger partial charge in [0.05, 0.1) is 19.3 Å². The molecule has 0 aromatic heterocycles. The molecule has 1 fully saturated rings. The van der Waals surface area contributed by atoms with Crippen LogP contribution >= 0.6 is 24.0 Å². The van der Waals surface area contributed by atoms with Crippen molar-refractivity contribution >= 4 is 29.9 Å². The van der Waals surface area contributed by atoms with Gasteiger partial charge in [0.25, 0.3) is 0 Å². The summed E-state index contributed by atoms with van der Waals surface area (Å²) in [6, 6.07) is 5.27. The van der Waals surface area contributed by atoms with E-state index in [9.17, 15) is 9.50 Å². The van der Waals surface area contributed by atoms with Crippen LogP contribution in [0.1, 0.15) is 45.1 Å². The highest BCUT2D eigenvalue weighted by atomic mass is 127. The van der Waals surface area contributed by atoms with Crippen molar-refractivity contribution < 1.29 is 14.2 Å². The van der Waals surface area contributed by atoms with Gasteiger partial charge in [0.1, 0.15) is 0 Å². The highest BCUT2D eigenvalue weighted by Crippen LogP contribution is 2.19. The molecule has 7 heteroatoms. The molecular formula is C18H29FIN3O2. The highest BCUT2D eigenvalue weighted by Gasteiger charge is 2.19. The number of aliphatic hydroxyl groups is 1. The zero-order valence-corrected chi connectivity index (χ0v) is 17.3. The van der Waals surface area contributed by atoms with Crippen molar-refractivity contribution in [3.63, 3.8) is 0 Å². The molecule has 0 aliphatic heterocycles. The third-order valence-electron chi connectivity index (χ3n) is 4.10. The molecule has 0 bridgehead atoms. The molecule has 5 nitrogen and oxygen atoms in total. The van der Waals surface area contributed by atoms with Crippen LogP contribution in [-0.2, 0) is 6.54 Å². The van der Waals surface area contributed by atoms with E-state index in [0.717, 1.165) is 43.8 Å². The van der Waals surface area contributed by atoms with Gasteiger partial charge in [-0.3, -0.25) is 0 Å². The largest absolute Gasteiger partial charge is 0.491 e. The third kappa shape index (κ3) is 7.35. The lowest BCUT2D eigenvalue weighted by atomic mass is 9.93. The summed E-state index contributed by atoms with van der Waals surface area (Å²) in [4.78, 5) is 4.54. The first kappa shape index (κ1) is 22.0. The van der Waals surface area contributed by atoms with Gasteiger partial charge in [-0.2, -0.15) is 0 Å². The summed E-state index contributed by atoms with van der Waals surface area (Å²) in [5, 5.41) is 16.2. The fraction of sp³-hybridized carbons (Fsp3) is 0.611. The minimum Gasteiger partial charge on any atom is -0.491 e. The minimum atomic E-state index is -0.358. The van der Waals surface area contributed by atoms with Crippen molar-refractivity contribution in [1.82, 2.24) is 10.6 Å². The van der Waals surface area contributed by atoms with Gasteiger partial charge in [-0.25, -0.2) is 9.38 Å². The summed E-state index contributed by atoms with van der Waals surface area (Å²) >= 11 is 0. The standard InChI is InChI=1S/C18H28FN3O2.HI/c1-3-20-18(22-14-6-8-15(23)9-7-14)21-12-13-5-10-17(24-4-2)16(19)11-13;/h5,10-11,14-15,23H,3-4,6-9,12H2,1-2H3,(H2,20,21,22);1H. The second kappa shape index (κ2) is 11.5. The van der Waals surface area contributed by atoms with E-state index in [1.54, 1.807) is 6.07 Å². The Morgan fingerprint density at radius 2 is 2.00 bits per heavy atom. The van der Waals surface area contributed by atoms with Crippen molar-refractivity contribution in [3.8, 4) is 5.75 Å². The van der Waals surface area contributed by atoms with E-state index in [-0.39, 0.29) is 41.6 Å². The Bertz CT molecular complexity index is 549. The maximum atomic E-state index is 13.9. The van der Waals surface area contributed by atoms with E-state index in [4.69, 9.17) is 4.74 Å². The Morgan fingerprint density at radius 1 is 1.28 bits per heavy atom. The summed E-state index contributed by atoms with van der Waals surface area (Å²) in [6.45, 7) is 5.44. The zero-order valence-electron chi connectivity index (χ0n) is 14.9. The summed E-state index contributed by atoms with van der Waals surface area (Å²) < 4.78 is 19.1. The van der Waals surface area contributed by atoms with Crippen LogP contribution in [0.25, 0.3) is 0 Å². The quantitative estimate of drug-likeness (QED) is 0.343. The van der Waals surface area contributed by atoms with Gasteiger partial charge in [-0.1, -0.05) is 6.07 Å². The zero-order chi connectivity index (χ0) is 17.4. The number of aliphatic hydroxyl groups excluding tert-OH is 1. The molecule has 0 amide bonds. The molecule has 0 spiro atoms. The summed E-state index contributed by atoms with van der Waals surface area (Å²) in [7, 11) is 0. The van der Waals surface area contributed by atoms with Crippen LogP contribution in [0.15, 0.2) is 23.2 Å². The van der Waals surface area contributed by atoms with Crippen molar-refractivity contribution in [3.05, 3.63) is 29.6 Å². The fourth-order valence-electron chi connectivity index (χ4n) is 2.82. The number of aliphatic imine (C=N–C) groups is 1. The van der Waals surface area contributed by atoms with Crippen LogP contribution < -0.4 is 15.4 Å². The molecule has 1 aliphatic carbocycles. The summed E-state index contributed by atoms with van der Waals surface area (Å²) in [5.41, 5.74) is 0.798. The number of nitrogens with zero attached hydrogens (tertiary/aromatic N) is 1. The first-order valence-electron chi connectivity index (χ1n) is 8.76. The molecular weight excluding hydrogens is 436 g/mol. The molecule has 25 heavy (non-hydrogen) atoms. The predicted octanol–water partition coefficient (Wildman–Crippen LogP) is 3.20. The molecule has 3 N–H and O–H groups in total. The minimum absolute atomic E-state index is 0. The van der Waals surface area contributed by atoms with Crippen molar-refractivity contribution in [1.29, 1.82) is 0 Å². The van der Waals surface area contributed by atoms with Crippen LogP contribution in [0.3, 0.4) is 0 Å². The Balaban J connectivity index is 0.00000312. The average molecular weight is 465 g/mol. The lowest BCUT2D eigenvalue weighted by molar-refractivity contribution is 0.120. The number of hydrogen-bond donors (Lipinski definition) is 3. The van der Waals surface area contributed by atoms with E-state index in [2.05, 4.69) is 15.6 Å². The smallest absolute Gasteiger partial charge is 0.191 e. The molecule has 0 unspecified atom stereocenters. The van der Waals surface area contributed by atoms with Crippen LogP contribution in [0.4, 0.5) is 4.39 Å². The van der Waals surface area contributed by atoms with Gasteiger partial charge >= 0.3 is 0 Å². The van der Waals surface area contributed by atoms with Crippen LogP contribution in [-0.4, -0.2) is 36.4 Å². The lowest BCUT2D eigenvalue weighted by Crippen LogP contribution is -2.45. The number of guanidine groups is 1. The van der Waals surface area contributed by atoms with Gasteiger partial charge < -0.3 is 20.5 Å². The Morgan fingerprint density at radius 3 is 2.60 bits per heavy atom. The first-order valence-corrected chi connectivity index (χ1v) is 8.76. The molecule has 142 valence electrons. The molecule has 0 saturated heterocycles. The van der Waals surface area contributed by atoms with Gasteiger partial charge in [0.2, 0.25) is 0 Å². The normalized spacial score (nSPS) is 20.6. The van der Waals surface area contributed by atoms with E-state index in [1.807, 2.05) is 19.9 Å².